The van der Waals surface area contributed by atoms with Crippen LogP contribution in [0.5, 0.6) is 11.6 Å². The Labute approximate surface area is 382 Å². The van der Waals surface area contributed by atoms with Crippen LogP contribution in [0.1, 0.15) is 10.4 Å². The van der Waals surface area contributed by atoms with Crippen LogP contribution in [0.25, 0.3) is 11.1 Å². The van der Waals surface area contributed by atoms with E-state index in [0.717, 1.165) is 16.9 Å². The van der Waals surface area contributed by atoms with E-state index in [2.05, 4.69) is 4.98 Å². The van der Waals surface area contributed by atoms with Crippen molar-refractivity contribution < 1.29 is 102 Å². The first-order chi connectivity index (χ1) is 33.5. The molecule has 8 rings (SSSR count). The molecule has 6 aromatic rings. The van der Waals surface area contributed by atoms with E-state index in [9.17, 15) is 57.5 Å². The Balaban J connectivity index is 0.000000240. The fourth-order valence-corrected chi connectivity index (χ4v) is 7.70. The predicted molar refractivity (Wildman–Crippen MR) is 208 cm³/mol. The third-order valence-electron chi connectivity index (χ3n) is 10.8. The summed E-state index contributed by atoms with van der Waals surface area (Å²) in [6, 6.07) is 23.3. The predicted octanol–water partition coefficient (Wildman–Crippen LogP) is 10.00. The Hall–Kier alpha value is -7.99. The molecule has 366 valence electrons. The summed E-state index contributed by atoms with van der Waals surface area (Å²) >= 11 is 0. The van der Waals surface area contributed by atoms with E-state index in [1.807, 2.05) is 72.8 Å². The fourth-order valence-electron chi connectivity index (χ4n) is 7.70. The molecule has 0 unspecified atom stereocenters. The Morgan fingerprint density at radius 1 is 0.423 bits per heavy atom. The molecule has 0 radical (unpaired) electrons. The molecule has 25 heteroatoms. The van der Waals surface area contributed by atoms with E-state index in [1.165, 1.54) is 0 Å². The zero-order valence-corrected chi connectivity index (χ0v) is 34.2. The highest BCUT2D eigenvalue weighted by atomic mass is 19.2. The van der Waals surface area contributed by atoms with Crippen LogP contribution in [-0.4, -0.2) is 16.9 Å². The molecular formula is C46H17BF20N2O2. The molecule has 0 spiro atoms. The molecule has 5 aromatic carbocycles. The number of halogens is 20. The van der Waals surface area contributed by atoms with Gasteiger partial charge in [-0.25, -0.2) is 92.8 Å². The number of Topliss-reactive ketones (excluding diaryl/α,β-unsaturated/α-hetero) is 1. The van der Waals surface area contributed by atoms with Crippen LogP contribution < -0.4 is 31.2 Å². The molecule has 2 aliphatic carbocycles. The van der Waals surface area contributed by atoms with Crippen molar-refractivity contribution >= 4 is 33.8 Å². The van der Waals surface area contributed by atoms with Crippen LogP contribution in [0, 0.1) is 116 Å². The van der Waals surface area contributed by atoms with Crippen LogP contribution in [0.4, 0.5) is 87.8 Å². The minimum Gasteiger partial charge on any atom is -0.404 e. The summed E-state index contributed by atoms with van der Waals surface area (Å²) in [5.74, 6) is -70.1. The highest BCUT2D eigenvalue weighted by Crippen LogP contribution is 2.33. The molecule has 71 heavy (non-hydrogen) atoms. The van der Waals surface area contributed by atoms with E-state index in [1.54, 1.807) is 23.2 Å². The average Bonchev–Trinajstić information content (AvgIpc) is 3.61. The Kier molecular flexibility index (Phi) is 13.9. The van der Waals surface area contributed by atoms with Gasteiger partial charge in [0.25, 0.3) is 0 Å². The Morgan fingerprint density at radius 2 is 0.718 bits per heavy atom. The monoisotopic (exact) mass is 1020 g/mol. The summed E-state index contributed by atoms with van der Waals surface area (Å²) < 4.78 is 302. The van der Waals surface area contributed by atoms with Crippen molar-refractivity contribution in [2.45, 2.75) is 6.54 Å². The molecule has 1 heterocycles. The molecule has 0 amide bonds. The van der Waals surface area contributed by atoms with Gasteiger partial charge in [0.05, 0.1) is 6.20 Å². The molecule has 0 aliphatic heterocycles. The fraction of sp³-hybridized carbons (Fsp3) is 0.0217. The van der Waals surface area contributed by atoms with Crippen LogP contribution in [0.3, 0.4) is 0 Å². The van der Waals surface area contributed by atoms with Gasteiger partial charge in [-0.1, -0.05) is 60.7 Å². The lowest BCUT2D eigenvalue weighted by Crippen LogP contribution is -2.81. The largest absolute Gasteiger partial charge is 0.404 e. The number of benzene rings is 5. The van der Waals surface area contributed by atoms with E-state index >= 15 is 35.1 Å². The zero-order valence-electron chi connectivity index (χ0n) is 34.2. The topological polar surface area (TPSA) is 43.1 Å². The second-order valence-corrected chi connectivity index (χ2v) is 14.7. The second kappa shape index (κ2) is 19.4. The zero-order chi connectivity index (χ0) is 52.1. The number of ether oxygens (including phenoxy) is 1. The van der Waals surface area contributed by atoms with E-state index in [4.69, 9.17) is 4.74 Å². The SMILES string of the molecule is Fc1c(F)c(F)c([B-](c2c(F)c(F)c(F)c(F)c2F)(c2c(F)c(F)c(F)c(F)c2F)c2c(F)c(F)c(F)c(F)c2F)c(F)c1F.O=C(C[n+]1ccncc1Oc1cc2cccccc-2c1)c1ccccc1. The number of ketones is 1. The maximum atomic E-state index is 15.4. The van der Waals surface area contributed by atoms with Gasteiger partial charge in [0.15, 0.2) is 76.0 Å². The standard InChI is InChI=1S/C24BF20.C22H17N2O2/c26-5-1(6(27)14(35)21(42)13(5)34)25(2-7(28)15(36)22(43)16(37)8(2)29,3-9(30)17(38)23(44)18(39)10(3)31)4-11(32)19(40)24(45)20(41)12(4)33;25-21(17-7-3-1-4-8-17)16-24-12-11-23-15-22(24)26-20-13-18-9-5-2-6-10-19(18)14-20/h;1-15H,16H2/q-1;+1. The van der Waals surface area contributed by atoms with Gasteiger partial charge in [-0.2, -0.15) is 4.57 Å². The van der Waals surface area contributed by atoms with Gasteiger partial charge in [0.1, 0.15) is 64.6 Å². The Bertz CT molecular complexity index is 3000. The molecule has 4 nitrogen and oxygen atoms in total. The maximum Gasteiger partial charge on any atom is 0.392 e. The highest BCUT2D eigenvalue weighted by molar-refractivity contribution is 7.20. The molecule has 0 bridgehead atoms. The van der Waals surface area contributed by atoms with Gasteiger partial charge in [0.2, 0.25) is 12.3 Å². The lowest BCUT2D eigenvalue weighted by molar-refractivity contribution is -0.687. The lowest BCUT2D eigenvalue weighted by atomic mass is 9.12. The summed E-state index contributed by atoms with van der Waals surface area (Å²) in [6.45, 7) is 0.192. The van der Waals surface area contributed by atoms with Crippen LogP contribution in [0.2, 0.25) is 0 Å². The third kappa shape index (κ3) is 8.41. The molecular weight excluding hydrogens is 1000 g/mol. The third-order valence-corrected chi connectivity index (χ3v) is 10.8. The molecule has 0 N–H and O–H groups in total. The maximum absolute atomic E-state index is 15.4. The molecule has 0 atom stereocenters. The first-order valence-electron chi connectivity index (χ1n) is 19.3. The summed E-state index contributed by atoms with van der Waals surface area (Å²) in [5.41, 5.74) is -11.5. The Morgan fingerprint density at radius 3 is 1.04 bits per heavy atom. The normalized spacial score (nSPS) is 11.5. The second-order valence-electron chi connectivity index (χ2n) is 14.7. The summed E-state index contributed by atoms with van der Waals surface area (Å²) in [7, 11) is 0. The van der Waals surface area contributed by atoms with Crippen molar-refractivity contribution in [1.82, 2.24) is 4.98 Å². The molecule has 0 saturated heterocycles. The van der Waals surface area contributed by atoms with Crippen molar-refractivity contribution in [3.05, 3.63) is 213 Å². The van der Waals surface area contributed by atoms with E-state index in [0.29, 0.717) is 11.4 Å². The number of hydrogen-bond donors (Lipinski definition) is 0. The minimum atomic E-state index is -7.22. The van der Waals surface area contributed by atoms with Gasteiger partial charge >= 0.3 is 5.88 Å². The number of nitrogens with zero attached hydrogens (tertiary/aromatic N) is 2. The van der Waals surface area contributed by atoms with Gasteiger partial charge < -0.3 is 4.74 Å². The van der Waals surface area contributed by atoms with Crippen LogP contribution in [-0.2, 0) is 6.54 Å². The van der Waals surface area contributed by atoms with E-state index in [-0.39, 0.29) is 12.3 Å². The quantitative estimate of drug-likeness (QED) is 0.0362. The molecule has 0 saturated carbocycles. The van der Waals surface area contributed by atoms with Gasteiger partial charge in [-0.15, -0.1) is 21.9 Å². The summed E-state index contributed by atoms with van der Waals surface area (Å²) in [6.07, 6.45) is -2.20. The van der Waals surface area contributed by atoms with Crippen molar-refractivity contribution in [1.29, 1.82) is 0 Å². The summed E-state index contributed by atoms with van der Waals surface area (Å²) in [4.78, 5) is 16.6. The van der Waals surface area contributed by atoms with Crippen molar-refractivity contribution in [2.24, 2.45) is 0 Å². The van der Waals surface area contributed by atoms with Crippen molar-refractivity contribution in [2.75, 3.05) is 0 Å². The number of carbonyl (C=O) groups is 1. The van der Waals surface area contributed by atoms with Crippen molar-refractivity contribution in [3.63, 3.8) is 0 Å². The van der Waals surface area contributed by atoms with Gasteiger partial charge in [0, 0.05) is 5.56 Å². The van der Waals surface area contributed by atoms with Crippen LogP contribution in [0.15, 0.2) is 91.4 Å². The molecule has 2 aliphatic rings. The van der Waals surface area contributed by atoms with Gasteiger partial charge in [-0.05, 0) is 23.3 Å². The number of hydrogen-bond acceptors (Lipinski definition) is 3. The lowest BCUT2D eigenvalue weighted by Gasteiger charge is -2.44. The number of carbonyl (C=O) groups excluding carboxylic acids is 1. The molecule has 1 aromatic heterocycles. The van der Waals surface area contributed by atoms with Crippen molar-refractivity contribution in [3.8, 4) is 22.8 Å². The van der Waals surface area contributed by atoms with Gasteiger partial charge in [-0.3, -0.25) is 4.79 Å². The smallest absolute Gasteiger partial charge is 0.392 e. The number of fused-ring (bicyclic) bond motifs is 1. The average molecular weight is 1020 g/mol. The van der Waals surface area contributed by atoms with E-state index < -0.39 is 144 Å². The number of aromatic nitrogens is 2. The summed E-state index contributed by atoms with van der Waals surface area (Å²) in [5, 5.41) is 0. The number of rotatable bonds is 9. The first kappa shape index (κ1) is 50.9. The molecule has 0 fully saturated rings. The highest BCUT2D eigenvalue weighted by Gasteiger charge is 2.52. The van der Waals surface area contributed by atoms with Crippen LogP contribution >= 0.6 is 0 Å². The minimum absolute atomic E-state index is 0.0198. The first-order valence-corrected chi connectivity index (χ1v) is 19.3.